The number of rotatable bonds is 7. The van der Waals surface area contributed by atoms with Crippen molar-refractivity contribution in [3.63, 3.8) is 0 Å². The van der Waals surface area contributed by atoms with Gasteiger partial charge in [0.2, 0.25) is 0 Å². The lowest BCUT2D eigenvalue weighted by atomic mass is 9.95. The van der Waals surface area contributed by atoms with Gasteiger partial charge in [0.1, 0.15) is 11.5 Å². The number of Topliss-reactive ketones (excluding diaryl/α,β-unsaturated/α-hetero) is 1. The monoisotopic (exact) mass is 528 g/mol. The Bertz CT molecular complexity index is 1090. The number of aryl methyl sites for hydroxylation is 1. The van der Waals surface area contributed by atoms with E-state index >= 15 is 0 Å². The summed E-state index contributed by atoms with van der Waals surface area (Å²) in [5, 5.41) is 11.2. The molecule has 0 bridgehead atoms. The van der Waals surface area contributed by atoms with Gasteiger partial charge in [0.25, 0.3) is 11.7 Å². The van der Waals surface area contributed by atoms with Crippen LogP contribution in [0.25, 0.3) is 5.76 Å². The number of carbonyl (C=O) groups excluding carboxylic acids is 2. The summed E-state index contributed by atoms with van der Waals surface area (Å²) in [7, 11) is 1.58. The third-order valence-electron chi connectivity index (χ3n) is 6.37. The molecule has 2 aromatic rings. The zero-order valence-electron chi connectivity index (χ0n) is 19.4. The molecule has 8 heteroatoms. The highest BCUT2D eigenvalue weighted by molar-refractivity contribution is 9.10. The van der Waals surface area contributed by atoms with Crippen molar-refractivity contribution in [1.29, 1.82) is 0 Å². The van der Waals surface area contributed by atoms with Gasteiger partial charge in [-0.3, -0.25) is 14.5 Å². The normalized spacial score (nSPS) is 20.7. The lowest BCUT2D eigenvalue weighted by Crippen LogP contribution is -2.38. The summed E-state index contributed by atoms with van der Waals surface area (Å²) in [6.45, 7) is 6.26. The summed E-state index contributed by atoms with van der Waals surface area (Å²) in [4.78, 5) is 30.2. The number of ether oxygens (including phenoxy) is 2. The summed E-state index contributed by atoms with van der Waals surface area (Å²) >= 11 is 3.44. The Hall–Kier alpha value is -2.68. The highest BCUT2D eigenvalue weighted by Gasteiger charge is 2.45. The predicted molar refractivity (Wildman–Crippen MR) is 133 cm³/mol. The van der Waals surface area contributed by atoms with E-state index in [9.17, 15) is 14.7 Å². The maximum absolute atomic E-state index is 13.2. The molecule has 180 valence electrons. The Morgan fingerprint density at radius 3 is 2.47 bits per heavy atom. The van der Waals surface area contributed by atoms with Gasteiger partial charge in [-0.1, -0.05) is 28.1 Å². The molecule has 2 aromatic carbocycles. The molecule has 1 amide bonds. The van der Waals surface area contributed by atoms with Gasteiger partial charge in [-0.2, -0.15) is 0 Å². The molecule has 0 aromatic heterocycles. The van der Waals surface area contributed by atoms with E-state index < -0.39 is 17.7 Å². The Morgan fingerprint density at radius 1 is 1.12 bits per heavy atom. The van der Waals surface area contributed by atoms with Crippen LogP contribution >= 0.6 is 15.9 Å². The van der Waals surface area contributed by atoms with Crippen LogP contribution in [0.1, 0.15) is 29.2 Å². The zero-order chi connectivity index (χ0) is 24.2. The third-order valence-corrected chi connectivity index (χ3v) is 6.90. The average molecular weight is 529 g/mol. The van der Waals surface area contributed by atoms with Crippen molar-refractivity contribution in [1.82, 2.24) is 9.80 Å². The number of morpholine rings is 1. The lowest BCUT2D eigenvalue weighted by Gasteiger charge is -2.29. The van der Waals surface area contributed by atoms with Crippen LogP contribution in [0, 0.1) is 6.92 Å². The average Bonchev–Trinajstić information content (AvgIpc) is 3.09. The number of hydrogen-bond donors (Lipinski definition) is 1. The van der Waals surface area contributed by atoms with Crippen LogP contribution in [0.3, 0.4) is 0 Å². The number of nitrogens with zero attached hydrogens (tertiary/aromatic N) is 2. The van der Waals surface area contributed by atoms with Crippen LogP contribution in [-0.2, 0) is 14.3 Å². The predicted octanol–water partition coefficient (Wildman–Crippen LogP) is 3.91. The van der Waals surface area contributed by atoms with E-state index in [0.29, 0.717) is 31.1 Å². The number of benzene rings is 2. The second kappa shape index (κ2) is 10.7. The second-order valence-corrected chi connectivity index (χ2v) is 9.45. The van der Waals surface area contributed by atoms with E-state index in [4.69, 9.17) is 9.47 Å². The van der Waals surface area contributed by atoms with Crippen LogP contribution in [-0.4, -0.2) is 73.1 Å². The largest absolute Gasteiger partial charge is 0.507 e. The summed E-state index contributed by atoms with van der Waals surface area (Å²) < 4.78 is 11.6. The Kier molecular flexibility index (Phi) is 7.70. The van der Waals surface area contributed by atoms with E-state index in [1.54, 1.807) is 30.2 Å². The molecule has 0 unspecified atom stereocenters. The summed E-state index contributed by atoms with van der Waals surface area (Å²) in [5.74, 6) is -0.732. The molecule has 34 heavy (non-hydrogen) atoms. The fourth-order valence-electron chi connectivity index (χ4n) is 4.57. The highest BCUT2D eigenvalue weighted by Crippen LogP contribution is 2.40. The molecule has 2 aliphatic heterocycles. The van der Waals surface area contributed by atoms with Crippen molar-refractivity contribution in [2.45, 2.75) is 19.4 Å². The number of amides is 1. The summed E-state index contributed by atoms with van der Waals surface area (Å²) in [5.41, 5.74) is 2.20. The van der Waals surface area contributed by atoms with E-state index in [-0.39, 0.29) is 11.3 Å². The van der Waals surface area contributed by atoms with Crippen molar-refractivity contribution in [3.8, 4) is 5.75 Å². The highest BCUT2D eigenvalue weighted by atomic mass is 79.9. The summed E-state index contributed by atoms with van der Waals surface area (Å²) in [6, 6.07) is 12.1. The maximum Gasteiger partial charge on any atom is 0.295 e. The van der Waals surface area contributed by atoms with Crippen LogP contribution in [0.15, 0.2) is 52.5 Å². The number of halogens is 1. The van der Waals surface area contributed by atoms with Gasteiger partial charge in [-0.25, -0.2) is 0 Å². The molecule has 0 aliphatic carbocycles. The Labute approximate surface area is 208 Å². The number of carbonyl (C=O) groups is 2. The molecule has 0 saturated carbocycles. The Balaban J connectivity index is 1.68. The standard InChI is InChI=1S/C26H29BrN2O5/c1-17-16-19(6-9-21(17)33-2)24(30)22-23(18-4-7-20(27)8-5-18)29(26(32)25(22)31)11-3-10-28-12-14-34-15-13-28/h4-9,16,23,30H,3,10-15H2,1-2H3/b24-22+/t23-/m1/s1. The molecular weight excluding hydrogens is 500 g/mol. The number of aliphatic hydroxyl groups excluding tert-OH is 1. The van der Waals surface area contributed by atoms with E-state index in [1.807, 2.05) is 31.2 Å². The first kappa shape index (κ1) is 24.4. The minimum Gasteiger partial charge on any atom is -0.507 e. The van der Waals surface area contributed by atoms with Gasteiger partial charge in [0, 0.05) is 36.2 Å². The number of methoxy groups -OCH3 is 1. The maximum atomic E-state index is 13.2. The topological polar surface area (TPSA) is 79.3 Å². The van der Waals surface area contributed by atoms with Crippen molar-refractivity contribution >= 4 is 33.4 Å². The molecule has 1 atom stereocenters. The minimum atomic E-state index is -0.662. The fraction of sp³-hybridized carbons (Fsp3) is 0.385. The molecule has 2 aliphatic rings. The molecule has 2 heterocycles. The molecular formula is C26H29BrN2O5. The van der Waals surface area contributed by atoms with Crippen LogP contribution < -0.4 is 4.74 Å². The first-order chi connectivity index (χ1) is 16.4. The van der Waals surface area contributed by atoms with Crippen molar-refractivity contribution < 1.29 is 24.2 Å². The molecule has 2 fully saturated rings. The molecule has 7 nitrogen and oxygen atoms in total. The molecule has 1 N–H and O–H groups in total. The van der Waals surface area contributed by atoms with Crippen LogP contribution in [0.5, 0.6) is 5.75 Å². The van der Waals surface area contributed by atoms with Gasteiger partial charge in [0.15, 0.2) is 0 Å². The number of hydrogen-bond acceptors (Lipinski definition) is 6. The Morgan fingerprint density at radius 2 is 1.82 bits per heavy atom. The molecule has 2 saturated heterocycles. The van der Waals surface area contributed by atoms with Gasteiger partial charge in [0.05, 0.1) is 31.9 Å². The second-order valence-electron chi connectivity index (χ2n) is 8.54. The first-order valence-corrected chi connectivity index (χ1v) is 12.2. The van der Waals surface area contributed by atoms with Crippen LogP contribution in [0.4, 0.5) is 0 Å². The SMILES string of the molecule is COc1ccc(/C(O)=C2\C(=O)C(=O)N(CCCN3CCOCC3)[C@@H]2c2ccc(Br)cc2)cc1C. The van der Waals surface area contributed by atoms with Gasteiger partial charge in [-0.05, 0) is 54.8 Å². The van der Waals surface area contributed by atoms with E-state index in [2.05, 4.69) is 20.8 Å². The smallest absolute Gasteiger partial charge is 0.295 e. The number of likely N-dealkylation sites (tertiary alicyclic amines) is 1. The molecule has 0 spiro atoms. The van der Waals surface area contributed by atoms with Crippen molar-refractivity contribution in [3.05, 3.63) is 69.2 Å². The summed E-state index contributed by atoms with van der Waals surface area (Å²) in [6.07, 6.45) is 0.724. The van der Waals surface area contributed by atoms with E-state index in [0.717, 1.165) is 41.7 Å². The molecule has 0 radical (unpaired) electrons. The minimum absolute atomic E-state index is 0.114. The third kappa shape index (κ3) is 5.04. The lowest BCUT2D eigenvalue weighted by molar-refractivity contribution is -0.140. The first-order valence-electron chi connectivity index (χ1n) is 11.4. The number of aliphatic hydroxyl groups is 1. The van der Waals surface area contributed by atoms with Gasteiger partial charge < -0.3 is 19.5 Å². The van der Waals surface area contributed by atoms with Crippen molar-refractivity contribution in [2.75, 3.05) is 46.5 Å². The van der Waals surface area contributed by atoms with Crippen molar-refractivity contribution in [2.24, 2.45) is 0 Å². The van der Waals surface area contributed by atoms with E-state index in [1.165, 1.54) is 0 Å². The quantitative estimate of drug-likeness (QED) is 0.333. The zero-order valence-corrected chi connectivity index (χ0v) is 21.0. The fourth-order valence-corrected chi connectivity index (χ4v) is 4.84. The van der Waals surface area contributed by atoms with Crippen LogP contribution in [0.2, 0.25) is 0 Å². The van der Waals surface area contributed by atoms with Gasteiger partial charge >= 0.3 is 0 Å². The molecule has 4 rings (SSSR count). The van der Waals surface area contributed by atoms with Gasteiger partial charge in [-0.15, -0.1) is 0 Å². The number of ketones is 1.